The first-order valence-corrected chi connectivity index (χ1v) is 12.0. The van der Waals surface area contributed by atoms with Crippen molar-refractivity contribution in [1.29, 1.82) is 0 Å². The molecule has 8 heteroatoms. The van der Waals surface area contributed by atoms with Crippen LogP contribution in [-0.2, 0) is 29.2 Å². The average molecular weight is 487 g/mol. The Labute approximate surface area is 200 Å². The second kappa shape index (κ2) is 10.4. The molecule has 0 heterocycles. The highest BCUT2D eigenvalue weighted by molar-refractivity contribution is 7.86. The van der Waals surface area contributed by atoms with Gasteiger partial charge < -0.3 is 9.47 Å². The third-order valence-corrected chi connectivity index (χ3v) is 5.11. The number of ether oxygens (including phenoxy) is 2. The third kappa shape index (κ3) is 8.61. The molecule has 0 fully saturated rings. The Hall–Kier alpha value is -3.23. The Morgan fingerprint density at radius 1 is 0.765 bits per heavy atom. The van der Waals surface area contributed by atoms with E-state index in [4.69, 9.17) is 9.47 Å². The van der Waals surface area contributed by atoms with Gasteiger partial charge in [0, 0.05) is 12.2 Å². The van der Waals surface area contributed by atoms with Crippen LogP contribution in [0, 0.1) is 0 Å². The van der Waals surface area contributed by atoms with Crippen LogP contribution in [0.4, 0.5) is 0 Å². The second-order valence-corrected chi connectivity index (χ2v) is 10.9. The molecule has 0 saturated heterocycles. The molecule has 0 amide bonds. The fourth-order valence-corrected chi connectivity index (χ4v) is 3.85. The molecule has 2 aromatic rings. The number of esters is 2. The highest BCUT2D eigenvalue weighted by Gasteiger charge is 2.22. The molecule has 0 bridgehead atoms. The van der Waals surface area contributed by atoms with E-state index >= 15 is 0 Å². The number of carbonyl (C=O) groups excluding carboxylic acids is 2. The van der Waals surface area contributed by atoms with Gasteiger partial charge in [0.05, 0.1) is 0 Å². The highest BCUT2D eigenvalue weighted by Crippen LogP contribution is 2.31. The van der Waals surface area contributed by atoms with Crippen molar-refractivity contribution >= 4 is 34.2 Å². The Balaban J connectivity index is 2.68. The van der Waals surface area contributed by atoms with E-state index in [0.717, 1.165) is 17.7 Å². The Bertz CT molecular complexity index is 1150. The maximum absolute atomic E-state index is 12.3. The van der Waals surface area contributed by atoms with Crippen molar-refractivity contribution < 1.29 is 32.0 Å². The predicted molar refractivity (Wildman–Crippen MR) is 131 cm³/mol. The van der Waals surface area contributed by atoms with Gasteiger partial charge in [-0.25, -0.2) is 9.59 Å². The number of hydrogen-bond acceptors (Lipinski definition) is 6. The Morgan fingerprint density at radius 3 is 1.53 bits per heavy atom. The Kier molecular flexibility index (Phi) is 8.23. The van der Waals surface area contributed by atoms with Crippen LogP contribution in [0.2, 0.25) is 0 Å². The number of benzene rings is 2. The minimum absolute atomic E-state index is 0.0542. The minimum atomic E-state index is -4.74. The first kappa shape index (κ1) is 27.0. The summed E-state index contributed by atoms with van der Waals surface area (Å²) >= 11 is 0. The molecule has 2 aromatic carbocycles. The first-order chi connectivity index (χ1) is 15.5. The van der Waals surface area contributed by atoms with E-state index in [1.807, 2.05) is 30.3 Å². The summed E-state index contributed by atoms with van der Waals surface area (Å²) in [5.74, 6) is -1.35. The van der Waals surface area contributed by atoms with Gasteiger partial charge in [-0.2, -0.15) is 8.42 Å². The summed E-state index contributed by atoms with van der Waals surface area (Å²) in [6, 6.07) is 12.2. The van der Waals surface area contributed by atoms with Crippen LogP contribution in [0.25, 0.3) is 23.3 Å². The van der Waals surface area contributed by atoms with Crippen molar-refractivity contribution in [2.75, 3.05) is 0 Å². The predicted octanol–water partition coefficient (Wildman–Crippen LogP) is 5.31. The van der Waals surface area contributed by atoms with Gasteiger partial charge in [0.15, 0.2) is 0 Å². The molecule has 1 N–H and O–H groups in total. The summed E-state index contributed by atoms with van der Waals surface area (Å²) in [6.07, 6.45) is 4.69. The van der Waals surface area contributed by atoms with Gasteiger partial charge in [0.2, 0.25) is 0 Å². The summed E-state index contributed by atoms with van der Waals surface area (Å²) in [6.45, 7) is 10.2. The van der Waals surface area contributed by atoms with Crippen molar-refractivity contribution in [3.63, 3.8) is 0 Å². The summed E-state index contributed by atoms with van der Waals surface area (Å²) in [5.41, 5.74) is 0.0158. The van der Waals surface area contributed by atoms with Crippen LogP contribution in [0.15, 0.2) is 59.5 Å². The lowest BCUT2D eigenvalue weighted by Gasteiger charge is -2.18. The van der Waals surface area contributed by atoms with Crippen molar-refractivity contribution in [3.8, 4) is 11.1 Å². The molecule has 0 spiro atoms. The average Bonchev–Trinajstić information content (AvgIpc) is 2.67. The quantitative estimate of drug-likeness (QED) is 0.335. The minimum Gasteiger partial charge on any atom is -0.457 e. The molecular formula is C26H30O7S. The number of carbonyl (C=O) groups is 2. The van der Waals surface area contributed by atoms with Crippen molar-refractivity contribution in [1.82, 2.24) is 0 Å². The molecule has 0 atom stereocenters. The zero-order valence-electron chi connectivity index (χ0n) is 20.2. The van der Waals surface area contributed by atoms with E-state index in [9.17, 15) is 22.6 Å². The molecule has 0 unspecified atom stereocenters. The highest BCUT2D eigenvalue weighted by atomic mass is 32.2. The van der Waals surface area contributed by atoms with Gasteiger partial charge in [-0.3, -0.25) is 4.55 Å². The van der Waals surface area contributed by atoms with Gasteiger partial charge in [0.1, 0.15) is 16.1 Å². The van der Waals surface area contributed by atoms with Crippen LogP contribution >= 0.6 is 0 Å². The maximum atomic E-state index is 12.3. The molecule has 34 heavy (non-hydrogen) atoms. The third-order valence-electron chi connectivity index (χ3n) is 4.12. The molecule has 0 aromatic heterocycles. The van der Waals surface area contributed by atoms with E-state index in [2.05, 4.69) is 0 Å². The summed E-state index contributed by atoms with van der Waals surface area (Å²) in [4.78, 5) is 23.9. The fourth-order valence-electron chi connectivity index (χ4n) is 3.00. The van der Waals surface area contributed by atoms with Gasteiger partial charge in [-0.05, 0) is 88.1 Å². The lowest BCUT2D eigenvalue weighted by Crippen LogP contribution is -2.22. The molecule has 0 aliphatic rings. The van der Waals surface area contributed by atoms with Crippen LogP contribution in [0.3, 0.4) is 0 Å². The molecular weight excluding hydrogens is 456 g/mol. The smallest absolute Gasteiger partial charge is 0.331 e. The largest absolute Gasteiger partial charge is 0.457 e. The molecule has 0 aliphatic carbocycles. The van der Waals surface area contributed by atoms with Crippen LogP contribution in [0.5, 0.6) is 0 Å². The zero-order valence-corrected chi connectivity index (χ0v) is 21.0. The van der Waals surface area contributed by atoms with Crippen molar-refractivity contribution in [2.45, 2.75) is 57.6 Å². The Morgan fingerprint density at radius 2 is 1.18 bits per heavy atom. The van der Waals surface area contributed by atoms with Crippen molar-refractivity contribution in [2.24, 2.45) is 0 Å². The lowest BCUT2D eigenvalue weighted by atomic mass is 9.99. The van der Waals surface area contributed by atoms with Crippen LogP contribution < -0.4 is 0 Å². The van der Waals surface area contributed by atoms with Crippen molar-refractivity contribution in [3.05, 3.63) is 65.7 Å². The molecule has 2 rings (SSSR count). The van der Waals surface area contributed by atoms with Gasteiger partial charge in [-0.1, -0.05) is 30.3 Å². The van der Waals surface area contributed by atoms with E-state index in [-0.39, 0.29) is 11.1 Å². The number of hydrogen-bond donors (Lipinski definition) is 1. The van der Waals surface area contributed by atoms with Gasteiger partial charge in [0.25, 0.3) is 10.1 Å². The van der Waals surface area contributed by atoms with Crippen LogP contribution in [0.1, 0.15) is 52.7 Å². The normalized spacial score (nSPS) is 12.8. The van der Waals surface area contributed by atoms with E-state index in [1.54, 1.807) is 41.5 Å². The molecule has 182 valence electrons. The number of rotatable bonds is 6. The van der Waals surface area contributed by atoms with Crippen LogP contribution in [-0.4, -0.2) is 36.1 Å². The van der Waals surface area contributed by atoms with E-state index in [1.165, 1.54) is 24.3 Å². The molecule has 0 radical (unpaired) electrons. The zero-order chi connectivity index (χ0) is 25.7. The second-order valence-electron chi connectivity index (χ2n) is 9.56. The maximum Gasteiger partial charge on any atom is 0.331 e. The van der Waals surface area contributed by atoms with E-state index < -0.39 is 38.2 Å². The summed E-state index contributed by atoms with van der Waals surface area (Å²) in [7, 11) is -4.74. The fraction of sp³-hybridized carbons (Fsp3) is 0.308. The SMILES string of the molecule is CC(C)(C)OC(=O)/C=C/c1cc(-c2ccccc2)cc(/C=C/C(=O)OC(C)(C)C)c1S(=O)(=O)O. The van der Waals surface area contributed by atoms with Gasteiger partial charge in [-0.15, -0.1) is 0 Å². The summed E-state index contributed by atoms with van der Waals surface area (Å²) < 4.78 is 45.1. The topological polar surface area (TPSA) is 107 Å². The first-order valence-electron chi connectivity index (χ1n) is 10.6. The molecule has 7 nitrogen and oxygen atoms in total. The molecule has 0 saturated carbocycles. The molecule has 0 aliphatic heterocycles. The summed E-state index contributed by atoms with van der Waals surface area (Å²) in [5, 5.41) is 0. The van der Waals surface area contributed by atoms with Gasteiger partial charge >= 0.3 is 11.9 Å². The standard InChI is InChI=1S/C26H30O7S/c1-25(2,3)32-22(27)14-12-19-16-21(18-10-8-7-9-11-18)17-20(24(19)34(29,30)31)13-15-23(28)33-26(4,5)6/h7-17H,1-6H3,(H,29,30,31)/b14-12+,15-13+. The monoisotopic (exact) mass is 486 g/mol. The van der Waals surface area contributed by atoms with E-state index in [0.29, 0.717) is 5.56 Å². The lowest BCUT2D eigenvalue weighted by molar-refractivity contribution is -0.149.